The molecule has 0 heterocycles. The maximum Gasteiger partial charge on any atom is 2.00 e. The molecule has 11 heteroatoms. The zero-order valence-electron chi connectivity index (χ0n) is 29.8. The number of hydrogen-bond donors (Lipinski definition) is 4. The average Bonchev–Trinajstić information content (AvgIpc) is 3.05. The third-order valence-corrected chi connectivity index (χ3v) is 7.50. The predicted molar refractivity (Wildman–Crippen MR) is 193 cm³/mol. The third-order valence-electron chi connectivity index (χ3n) is 7.50. The molecule has 4 rings (SSSR count). The largest absolute Gasteiger partial charge is 2.00 e. The Morgan fingerprint density at radius 2 is 0.980 bits per heavy atom. The van der Waals surface area contributed by atoms with Gasteiger partial charge in [-0.3, -0.25) is 9.98 Å². The van der Waals surface area contributed by atoms with E-state index in [4.69, 9.17) is 30.4 Å². The number of benzene rings is 4. The number of phenols is 4. The van der Waals surface area contributed by atoms with Crippen molar-refractivity contribution in [1.82, 2.24) is 0 Å². The molecule has 0 radical (unpaired) electrons. The van der Waals surface area contributed by atoms with E-state index in [1.54, 1.807) is 0 Å². The topological polar surface area (TPSA) is 186 Å². The number of carbonyl (C=O) groups is 2. The van der Waals surface area contributed by atoms with E-state index in [2.05, 4.69) is 58.0 Å². The smallest absolute Gasteiger partial charge is 0.545 e. The summed E-state index contributed by atoms with van der Waals surface area (Å²) in [6, 6.07) is 22.0. The van der Waals surface area contributed by atoms with Gasteiger partial charge in [-0.05, 0) is 112 Å². The summed E-state index contributed by atoms with van der Waals surface area (Å²) in [5.74, 6) is -5.20. The molecule has 4 aromatic carbocycles. The van der Waals surface area contributed by atoms with Crippen LogP contribution < -0.4 is 10.2 Å². The first-order valence-corrected chi connectivity index (χ1v) is 16.4. The number of aromatic hydroxyl groups is 4. The number of carboxylic acids is 2. The summed E-state index contributed by atoms with van der Waals surface area (Å²) in [5, 5.41) is 56.8. The number of unbranched alkanes of at least 4 members (excludes halogenated alkanes) is 2. The van der Waals surface area contributed by atoms with E-state index in [1.807, 2.05) is 18.2 Å². The standard InChI is InChI=1S/C24H32N2.2C8H8O4.Ni/c1-5-7-14-23(25-21-12-10-9-11-13-21)24(15-8-6-2)26-22-17-19(3)16-20(4)18-22;2*1-4-2-3-5(9)7(10)6(4)8(11)12;/h9-13,16-18H,5-8,14-15H2,1-4H3;2*2-3,9-10H,1H3,(H,11,12);/q;;;+2/p-2. The van der Waals surface area contributed by atoms with Crippen LogP contribution in [0.1, 0.15) is 95.3 Å². The van der Waals surface area contributed by atoms with Gasteiger partial charge >= 0.3 is 16.5 Å². The number of carboxylic acid groups (broad SMARTS) is 2. The van der Waals surface area contributed by atoms with Crippen molar-refractivity contribution >= 4 is 34.7 Å². The van der Waals surface area contributed by atoms with E-state index in [-0.39, 0.29) is 27.6 Å². The maximum absolute atomic E-state index is 10.4. The van der Waals surface area contributed by atoms with Crippen molar-refractivity contribution in [3.05, 3.63) is 106 Å². The summed E-state index contributed by atoms with van der Waals surface area (Å²) >= 11 is 0. The van der Waals surface area contributed by atoms with Crippen LogP contribution in [0.4, 0.5) is 11.4 Å². The molecule has 0 aromatic heterocycles. The van der Waals surface area contributed by atoms with Gasteiger partial charge in [-0.2, -0.15) is 0 Å². The Morgan fingerprint density at radius 3 is 1.33 bits per heavy atom. The predicted octanol–water partition coefficient (Wildman–Crippen LogP) is 7.07. The summed E-state index contributed by atoms with van der Waals surface area (Å²) in [6.45, 7) is 11.7. The molecule has 0 aliphatic heterocycles. The summed E-state index contributed by atoms with van der Waals surface area (Å²) in [6.07, 6.45) is 6.58. The molecule has 0 fully saturated rings. The first kappa shape index (κ1) is 43.9. The molecule has 274 valence electrons. The number of aryl methyl sites for hydroxylation is 4. The van der Waals surface area contributed by atoms with Crippen LogP contribution in [-0.2, 0) is 16.5 Å². The fraction of sp³-hybridized carbons (Fsp3) is 0.300. The zero-order chi connectivity index (χ0) is 37.4. The maximum atomic E-state index is 10.4. The SMILES string of the molecule is CCCCC(=Nc1ccccc1)C(CCCC)=Nc1cc(C)cc(C)c1.Cc1ccc(O)c(O)c1C(=O)[O-].Cc1ccc(O)c(O)c1C(=O)[O-].[Ni+2]. The minimum atomic E-state index is -1.50. The molecule has 0 amide bonds. The minimum Gasteiger partial charge on any atom is -0.545 e. The van der Waals surface area contributed by atoms with E-state index in [0.29, 0.717) is 11.1 Å². The number of rotatable bonds is 11. The number of aromatic carboxylic acids is 2. The van der Waals surface area contributed by atoms with Crippen LogP contribution in [-0.4, -0.2) is 43.8 Å². The Hall–Kier alpha value is -5.15. The van der Waals surface area contributed by atoms with Crippen LogP contribution in [0.3, 0.4) is 0 Å². The van der Waals surface area contributed by atoms with Crippen LogP contribution in [0.25, 0.3) is 0 Å². The van der Waals surface area contributed by atoms with Gasteiger partial charge in [0.05, 0.1) is 34.7 Å². The minimum absolute atomic E-state index is 0. The summed E-state index contributed by atoms with van der Waals surface area (Å²) in [7, 11) is 0. The van der Waals surface area contributed by atoms with Gasteiger partial charge < -0.3 is 40.2 Å². The second-order valence-corrected chi connectivity index (χ2v) is 11.8. The number of phenolic OH excluding ortho intramolecular Hbond substituents is 2. The van der Waals surface area contributed by atoms with Gasteiger partial charge in [0.2, 0.25) is 0 Å². The Bertz CT molecular complexity index is 1730. The van der Waals surface area contributed by atoms with E-state index < -0.39 is 34.9 Å². The van der Waals surface area contributed by atoms with Gasteiger partial charge in [0.25, 0.3) is 0 Å². The molecule has 4 aromatic rings. The molecule has 0 unspecified atom stereocenters. The van der Waals surface area contributed by atoms with Gasteiger partial charge in [-0.1, -0.05) is 63.1 Å². The molecular weight excluding hydrogens is 695 g/mol. The summed E-state index contributed by atoms with van der Waals surface area (Å²) in [5.41, 5.74) is 6.84. The van der Waals surface area contributed by atoms with Gasteiger partial charge in [-0.15, -0.1) is 0 Å². The van der Waals surface area contributed by atoms with Crippen LogP contribution in [0.15, 0.2) is 82.8 Å². The number of nitrogens with zero attached hydrogens (tertiary/aromatic N) is 2. The molecule has 0 bridgehead atoms. The summed E-state index contributed by atoms with van der Waals surface area (Å²) < 4.78 is 0. The van der Waals surface area contributed by atoms with E-state index >= 15 is 0 Å². The second kappa shape index (κ2) is 21.8. The van der Waals surface area contributed by atoms with Gasteiger partial charge in [0.1, 0.15) is 0 Å². The molecular formula is C40H46N2NiO8. The van der Waals surface area contributed by atoms with E-state index in [9.17, 15) is 19.8 Å². The Labute approximate surface area is 309 Å². The number of carbonyl (C=O) groups excluding carboxylic acids is 2. The molecule has 0 saturated carbocycles. The van der Waals surface area contributed by atoms with Crippen molar-refractivity contribution in [2.45, 2.75) is 80.1 Å². The van der Waals surface area contributed by atoms with E-state index in [0.717, 1.165) is 54.9 Å². The molecule has 10 nitrogen and oxygen atoms in total. The quantitative estimate of drug-likeness (QED) is 0.0714. The number of aliphatic imine (C=N–C) groups is 2. The zero-order valence-corrected chi connectivity index (χ0v) is 30.8. The van der Waals surface area contributed by atoms with Gasteiger partial charge in [0, 0.05) is 11.1 Å². The first-order valence-electron chi connectivity index (χ1n) is 16.4. The van der Waals surface area contributed by atoms with Crippen molar-refractivity contribution in [3.63, 3.8) is 0 Å². The first-order chi connectivity index (χ1) is 23.7. The molecule has 0 aliphatic carbocycles. The van der Waals surface area contributed by atoms with Crippen molar-refractivity contribution in [3.8, 4) is 23.0 Å². The Balaban J connectivity index is 0.000000432. The van der Waals surface area contributed by atoms with Crippen LogP contribution in [0.2, 0.25) is 0 Å². The average molecular weight is 742 g/mol. The number of para-hydroxylation sites is 1. The van der Waals surface area contributed by atoms with E-state index in [1.165, 1.54) is 55.7 Å². The van der Waals surface area contributed by atoms with Crippen LogP contribution >= 0.6 is 0 Å². The Kier molecular flexibility index (Phi) is 18.8. The molecule has 51 heavy (non-hydrogen) atoms. The molecule has 4 N–H and O–H groups in total. The van der Waals surface area contributed by atoms with Crippen molar-refractivity contribution in [2.24, 2.45) is 9.98 Å². The monoisotopic (exact) mass is 740 g/mol. The normalized spacial score (nSPS) is 10.9. The van der Waals surface area contributed by atoms with Crippen molar-refractivity contribution in [1.29, 1.82) is 0 Å². The Morgan fingerprint density at radius 1 is 0.588 bits per heavy atom. The fourth-order valence-electron chi connectivity index (χ4n) is 4.92. The molecule has 0 spiro atoms. The van der Waals surface area contributed by atoms with Crippen molar-refractivity contribution < 1.29 is 56.7 Å². The number of hydrogen-bond acceptors (Lipinski definition) is 10. The van der Waals surface area contributed by atoms with Crippen LogP contribution in [0.5, 0.6) is 23.0 Å². The van der Waals surface area contributed by atoms with Crippen molar-refractivity contribution in [2.75, 3.05) is 0 Å². The molecule has 0 saturated heterocycles. The second-order valence-electron chi connectivity index (χ2n) is 11.8. The van der Waals surface area contributed by atoms with Gasteiger partial charge in [0.15, 0.2) is 23.0 Å². The van der Waals surface area contributed by atoms with Gasteiger partial charge in [-0.25, -0.2) is 0 Å². The third kappa shape index (κ3) is 13.9. The fourth-order valence-corrected chi connectivity index (χ4v) is 4.92. The molecule has 0 atom stereocenters. The summed E-state index contributed by atoms with van der Waals surface area (Å²) in [4.78, 5) is 30.9. The molecule has 0 aliphatic rings. The van der Waals surface area contributed by atoms with Crippen LogP contribution in [0, 0.1) is 27.7 Å².